The summed E-state index contributed by atoms with van der Waals surface area (Å²) in [5.41, 5.74) is 1.39. The van der Waals surface area contributed by atoms with Crippen LogP contribution in [0.15, 0.2) is 6.07 Å². The number of carbonyl (C=O) groups is 1. The molecule has 1 saturated heterocycles. The van der Waals surface area contributed by atoms with Crippen LogP contribution in [0.5, 0.6) is 0 Å². The zero-order valence-electron chi connectivity index (χ0n) is 11.4. The summed E-state index contributed by atoms with van der Waals surface area (Å²) in [6, 6.07) is 2.11. The number of aliphatic hydroxyl groups excluding tert-OH is 1. The topological polar surface area (TPSA) is 40.5 Å². The minimum Gasteiger partial charge on any atom is -0.391 e. The van der Waals surface area contributed by atoms with Crippen LogP contribution in [-0.2, 0) is 12.8 Å². The standard InChI is InChI=1S/C15H21NO2S/c1-2-10-3-4-13-11(7-10)8-14(19-13)15(18)16-6-5-12(17)9-16/h8,10,12,17H,2-7,9H2,1H3. The van der Waals surface area contributed by atoms with E-state index in [1.807, 2.05) is 0 Å². The van der Waals surface area contributed by atoms with E-state index in [-0.39, 0.29) is 12.0 Å². The summed E-state index contributed by atoms with van der Waals surface area (Å²) >= 11 is 1.67. The van der Waals surface area contributed by atoms with E-state index in [0.717, 1.165) is 30.1 Å². The molecule has 0 spiro atoms. The molecule has 2 heterocycles. The van der Waals surface area contributed by atoms with Crippen LogP contribution in [-0.4, -0.2) is 35.1 Å². The average molecular weight is 279 g/mol. The Bertz CT molecular complexity index is 482. The van der Waals surface area contributed by atoms with Crippen molar-refractivity contribution >= 4 is 17.2 Å². The Kier molecular flexibility index (Phi) is 3.63. The SMILES string of the molecule is CCC1CCc2sc(C(=O)N3CCC(O)C3)cc2C1. The predicted octanol–water partition coefficient (Wildman–Crippen LogP) is 2.47. The normalized spacial score (nSPS) is 26.5. The summed E-state index contributed by atoms with van der Waals surface area (Å²) in [6.07, 6.45) is 5.15. The number of rotatable bonds is 2. The van der Waals surface area contributed by atoms with Crippen LogP contribution in [0.25, 0.3) is 0 Å². The van der Waals surface area contributed by atoms with Crippen molar-refractivity contribution in [2.45, 2.75) is 45.1 Å². The van der Waals surface area contributed by atoms with Crippen molar-refractivity contribution in [3.63, 3.8) is 0 Å². The van der Waals surface area contributed by atoms with Gasteiger partial charge in [0.25, 0.3) is 5.91 Å². The maximum Gasteiger partial charge on any atom is 0.264 e. The molecule has 0 aromatic carbocycles. The highest BCUT2D eigenvalue weighted by Crippen LogP contribution is 2.34. The number of nitrogens with zero attached hydrogens (tertiary/aromatic N) is 1. The minimum atomic E-state index is -0.331. The lowest BCUT2D eigenvalue weighted by atomic mass is 9.87. The number of amides is 1. The first-order valence-corrected chi connectivity index (χ1v) is 8.08. The van der Waals surface area contributed by atoms with Crippen molar-refractivity contribution in [2.24, 2.45) is 5.92 Å². The first kappa shape index (κ1) is 13.1. The van der Waals surface area contributed by atoms with E-state index >= 15 is 0 Å². The lowest BCUT2D eigenvalue weighted by molar-refractivity contribution is 0.0769. The summed E-state index contributed by atoms with van der Waals surface area (Å²) in [5, 5.41) is 9.53. The van der Waals surface area contributed by atoms with Gasteiger partial charge in [-0.25, -0.2) is 0 Å². The maximum atomic E-state index is 12.4. The summed E-state index contributed by atoms with van der Waals surface area (Å²) < 4.78 is 0. The van der Waals surface area contributed by atoms with E-state index in [2.05, 4.69) is 13.0 Å². The van der Waals surface area contributed by atoms with Crippen molar-refractivity contribution in [1.82, 2.24) is 4.90 Å². The molecular formula is C15H21NO2S. The van der Waals surface area contributed by atoms with Gasteiger partial charge in [0.2, 0.25) is 0 Å². The third kappa shape index (κ3) is 2.56. The van der Waals surface area contributed by atoms with E-state index in [1.54, 1.807) is 16.2 Å². The Labute approximate surface area is 118 Å². The summed E-state index contributed by atoms with van der Waals surface area (Å²) in [6.45, 7) is 3.44. The monoisotopic (exact) mass is 279 g/mol. The quantitative estimate of drug-likeness (QED) is 0.903. The smallest absolute Gasteiger partial charge is 0.264 e. The lowest BCUT2D eigenvalue weighted by Crippen LogP contribution is -2.28. The maximum absolute atomic E-state index is 12.4. The molecule has 2 aliphatic rings. The summed E-state index contributed by atoms with van der Waals surface area (Å²) in [5.74, 6) is 0.905. The van der Waals surface area contributed by atoms with Crippen LogP contribution in [0, 0.1) is 5.92 Å². The molecule has 3 rings (SSSR count). The first-order valence-electron chi connectivity index (χ1n) is 7.26. The predicted molar refractivity (Wildman–Crippen MR) is 76.7 cm³/mol. The van der Waals surface area contributed by atoms with E-state index in [9.17, 15) is 9.90 Å². The third-order valence-corrected chi connectivity index (χ3v) is 5.65. The fraction of sp³-hybridized carbons (Fsp3) is 0.667. The zero-order chi connectivity index (χ0) is 13.4. The molecule has 1 aromatic heterocycles. The number of β-amino-alcohol motifs (C(OH)–C–C–N with tert-alkyl or cyclic N) is 1. The van der Waals surface area contributed by atoms with Gasteiger partial charge in [0.1, 0.15) is 0 Å². The molecule has 1 amide bonds. The molecule has 0 saturated carbocycles. The Morgan fingerprint density at radius 3 is 3.05 bits per heavy atom. The first-order chi connectivity index (χ1) is 9.17. The Hall–Kier alpha value is -0.870. The van der Waals surface area contributed by atoms with Gasteiger partial charge in [-0.15, -0.1) is 11.3 Å². The number of fused-ring (bicyclic) bond motifs is 1. The molecular weight excluding hydrogens is 258 g/mol. The van der Waals surface area contributed by atoms with Gasteiger partial charge in [0, 0.05) is 18.0 Å². The molecule has 0 bridgehead atoms. The van der Waals surface area contributed by atoms with Crippen LogP contribution >= 0.6 is 11.3 Å². The molecule has 1 fully saturated rings. The Morgan fingerprint density at radius 2 is 2.37 bits per heavy atom. The molecule has 2 atom stereocenters. The number of hydrogen-bond acceptors (Lipinski definition) is 3. The van der Waals surface area contributed by atoms with E-state index in [0.29, 0.717) is 13.1 Å². The molecule has 1 aliphatic heterocycles. The van der Waals surface area contributed by atoms with E-state index in [1.165, 1.54) is 23.3 Å². The van der Waals surface area contributed by atoms with Crippen LogP contribution in [0.4, 0.5) is 0 Å². The zero-order valence-corrected chi connectivity index (χ0v) is 12.2. The van der Waals surface area contributed by atoms with Gasteiger partial charge in [-0.3, -0.25) is 4.79 Å². The Morgan fingerprint density at radius 1 is 1.53 bits per heavy atom. The second kappa shape index (κ2) is 5.25. The summed E-state index contributed by atoms with van der Waals surface area (Å²) in [7, 11) is 0. The number of aryl methyl sites for hydroxylation is 1. The van der Waals surface area contributed by atoms with Gasteiger partial charge < -0.3 is 10.0 Å². The van der Waals surface area contributed by atoms with Crippen molar-refractivity contribution in [3.05, 3.63) is 21.4 Å². The van der Waals surface area contributed by atoms with E-state index < -0.39 is 0 Å². The molecule has 1 aromatic rings. The van der Waals surface area contributed by atoms with Crippen molar-refractivity contribution in [1.29, 1.82) is 0 Å². The molecule has 0 radical (unpaired) electrons. The minimum absolute atomic E-state index is 0.115. The molecule has 1 aliphatic carbocycles. The number of carbonyl (C=O) groups excluding carboxylic acids is 1. The molecule has 2 unspecified atom stereocenters. The lowest BCUT2D eigenvalue weighted by Gasteiger charge is -2.19. The third-order valence-electron chi connectivity index (χ3n) is 4.42. The Balaban J connectivity index is 1.76. The highest BCUT2D eigenvalue weighted by atomic mass is 32.1. The highest BCUT2D eigenvalue weighted by molar-refractivity contribution is 7.14. The highest BCUT2D eigenvalue weighted by Gasteiger charge is 2.28. The molecule has 3 nitrogen and oxygen atoms in total. The second-order valence-corrected chi connectivity index (χ2v) is 6.91. The number of hydrogen-bond donors (Lipinski definition) is 1. The molecule has 104 valence electrons. The van der Waals surface area contributed by atoms with Gasteiger partial charge in [-0.1, -0.05) is 13.3 Å². The fourth-order valence-corrected chi connectivity index (χ4v) is 4.31. The van der Waals surface area contributed by atoms with Gasteiger partial charge >= 0.3 is 0 Å². The largest absolute Gasteiger partial charge is 0.391 e. The van der Waals surface area contributed by atoms with E-state index in [4.69, 9.17) is 0 Å². The van der Waals surface area contributed by atoms with Crippen LogP contribution in [0.3, 0.4) is 0 Å². The second-order valence-electron chi connectivity index (χ2n) is 5.77. The van der Waals surface area contributed by atoms with Gasteiger partial charge in [0.05, 0.1) is 11.0 Å². The molecule has 1 N–H and O–H groups in total. The van der Waals surface area contributed by atoms with Crippen LogP contribution in [0.1, 0.15) is 46.3 Å². The van der Waals surface area contributed by atoms with Crippen molar-refractivity contribution in [3.8, 4) is 0 Å². The average Bonchev–Trinajstić information content (AvgIpc) is 3.02. The van der Waals surface area contributed by atoms with Crippen LogP contribution in [0.2, 0.25) is 0 Å². The van der Waals surface area contributed by atoms with Crippen LogP contribution < -0.4 is 0 Å². The number of likely N-dealkylation sites (tertiary alicyclic amines) is 1. The summed E-state index contributed by atoms with van der Waals surface area (Å²) in [4.78, 5) is 16.5. The van der Waals surface area contributed by atoms with Gasteiger partial charge in [-0.05, 0) is 43.2 Å². The van der Waals surface area contributed by atoms with Gasteiger partial charge in [0.15, 0.2) is 0 Å². The molecule has 4 heteroatoms. The van der Waals surface area contributed by atoms with Crippen molar-refractivity contribution in [2.75, 3.05) is 13.1 Å². The molecule has 19 heavy (non-hydrogen) atoms. The fourth-order valence-electron chi connectivity index (χ4n) is 3.14. The van der Waals surface area contributed by atoms with Crippen molar-refractivity contribution < 1.29 is 9.90 Å². The number of thiophene rings is 1. The van der Waals surface area contributed by atoms with Gasteiger partial charge in [-0.2, -0.15) is 0 Å². The number of aliphatic hydroxyl groups is 1.